The van der Waals surface area contributed by atoms with Gasteiger partial charge in [-0.05, 0) is 25.1 Å². The molecule has 0 aliphatic carbocycles. The van der Waals surface area contributed by atoms with Gasteiger partial charge in [0.15, 0.2) is 0 Å². The fourth-order valence-corrected chi connectivity index (χ4v) is 2.43. The van der Waals surface area contributed by atoms with E-state index in [0.717, 1.165) is 25.3 Å². The number of amides is 1. The second-order valence-electron chi connectivity index (χ2n) is 4.94. The molecule has 6 heteroatoms. The van der Waals surface area contributed by atoms with E-state index in [1.54, 1.807) is 11.0 Å². The summed E-state index contributed by atoms with van der Waals surface area (Å²) in [6.45, 7) is 4.49. The highest BCUT2D eigenvalue weighted by molar-refractivity contribution is 5.95. The summed E-state index contributed by atoms with van der Waals surface area (Å²) in [6.07, 6.45) is 3.10. The minimum Gasteiger partial charge on any atom is -0.333 e. The van der Waals surface area contributed by atoms with E-state index in [1.807, 2.05) is 29.2 Å². The molecule has 1 saturated heterocycles. The third-order valence-electron chi connectivity index (χ3n) is 3.54. The first-order valence-electron chi connectivity index (χ1n) is 6.72. The zero-order chi connectivity index (χ0) is 13.9. The Kier molecular flexibility index (Phi) is 3.47. The number of piperazine rings is 1. The first-order valence-corrected chi connectivity index (χ1v) is 6.72. The standard InChI is InChI=1S/C14H17N5O/c1-11-8-15-5-6-18(11)14(20)12-3-2-4-13(7-12)19-10-16-9-17-19/h2-4,7,9-11,15H,5-6,8H2,1H3/t11-/m0/s1. The fourth-order valence-electron chi connectivity index (χ4n) is 2.43. The number of hydrogen-bond donors (Lipinski definition) is 1. The van der Waals surface area contributed by atoms with Crippen LogP contribution in [-0.4, -0.2) is 51.2 Å². The van der Waals surface area contributed by atoms with Crippen molar-refractivity contribution in [2.45, 2.75) is 13.0 Å². The normalized spacial score (nSPS) is 19.1. The van der Waals surface area contributed by atoms with Gasteiger partial charge in [-0.25, -0.2) is 9.67 Å². The quantitative estimate of drug-likeness (QED) is 0.873. The first-order chi connectivity index (χ1) is 9.75. The second kappa shape index (κ2) is 5.42. The lowest BCUT2D eigenvalue weighted by atomic mass is 10.1. The van der Waals surface area contributed by atoms with Gasteiger partial charge < -0.3 is 10.2 Å². The van der Waals surface area contributed by atoms with E-state index in [0.29, 0.717) is 5.56 Å². The molecule has 1 aliphatic rings. The second-order valence-corrected chi connectivity index (χ2v) is 4.94. The molecule has 1 atom stereocenters. The molecule has 1 N–H and O–H groups in total. The predicted molar refractivity (Wildman–Crippen MR) is 74.7 cm³/mol. The number of carbonyl (C=O) groups excluding carboxylic acids is 1. The zero-order valence-corrected chi connectivity index (χ0v) is 11.4. The Balaban J connectivity index is 1.86. The minimum atomic E-state index is 0.0703. The van der Waals surface area contributed by atoms with Crippen molar-refractivity contribution in [2.75, 3.05) is 19.6 Å². The molecule has 1 amide bonds. The molecule has 3 rings (SSSR count). The van der Waals surface area contributed by atoms with Gasteiger partial charge in [0, 0.05) is 31.2 Å². The minimum absolute atomic E-state index is 0.0703. The van der Waals surface area contributed by atoms with E-state index < -0.39 is 0 Å². The number of aromatic nitrogens is 3. The zero-order valence-electron chi connectivity index (χ0n) is 11.4. The summed E-state index contributed by atoms with van der Waals surface area (Å²) in [5, 5.41) is 7.37. The number of benzene rings is 1. The van der Waals surface area contributed by atoms with Gasteiger partial charge in [0.05, 0.1) is 5.69 Å². The summed E-state index contributed by atoms with van der Waals surface area (Å²) >= 11 is 0. The summed E-state index contributed by atoms with van der Waals surface area (Å²) in [7, 11) is 0. The van der Waals surface area contributed by atoms with Crippen molar-refractivity contribution in [1.29, 1.82) is 0 Å². The van der Waals surface area contributed by atoms with E-state index in [2.05, 4.69) is 22.3 Å². The van der Waals surface area contributed by atoms with Crippen LogP contribution in [0.5, 0.6) is 0 Å². The molecule has 0 unspecified atom stereocenters. The molecular weight excluding hydrogens is 254 g/mol. The van der Waals surface area contributed by atoms with Gasteiger partial charge in [-0.3, -0.25) is 4.79 Å². The first kappa shape index (κ1) is 12.8. The molecule has 1 aromatic carbocycles. The maximum absolute atomic E-state index is 12.6. The van der Waals surface area contributed by atoms with E-state index in [9.17, 15) is 4.79 Å². The van der Waals surface area contributed by atoms with E-state index >= 15 is 0 Å². The van der Waals surface area contributed by atoms with Crippen molar-refractivity contribution in [2.24, 2.45) is 0 Å². The monoisotopic (exact) mass is 271 g/mol. The molecule has 0 bridgehead atoms. The maximum atomic E-state index is 12.6. The Morgan fingerprint density at radius 1 is 1.45 bits per heavy atom. The SMILES string of the molecule is C[C@H]1CNCCN1C(=O)c1cccc(-n2cncn2)c1. The molecule has 1 aliphatic heterocycles. The Morgan fingerprint density at radius 2 is 2.35 bits per heavy atom. The van der Waals surface area contributed by atoms with Gasteiger partial charge in [-0.2, -0.15) is 5.10 Å². The maximum Gasteiger partial charge on any atom is 0.254 e. The number of nitrogens with one attached hydrogen (secondary N) is 1. The molecule has 0 spiro atoms. The molecule has 6 nitrogen and oxygen atoms in total. The topological polar surface area (TPSA) is 63.1 Å². The van der Waals surface area contributed by atoms with E-state index in [1.165, 1.54) is 6.33 Å². The van der Waals surface area contributed by atoms with Crippen molar-refractivity contribution in [3.8, 4) is 5.69 Å². The van der Waals surface area contributed by atoms with E-state index in [4.69, 9.17) is 0 Å². The highest BCUT2D eigenvalue weighted by atomic mass is 16.2. The van der Waals surface area contributed by atoms with Crippen molar-refractivity contribution in [3.05, 3.63) is 42.5 Å². The van der Waals surface area contributed by atoms with Gasteiger partial charge in [0.2, 0.25) is 0 Å². The van der Waals surface area contributed by atoms with Crippen LogP contribution in [0.25, 0.3) is 5.69 Å². The fraction of sp³-hybridized carbons (Fsp3) is 0.357. The summed E-state index contributed by atoms with van der Waals surface area (Å²) in [4.78, 5) is 18.4. The van der Waals surface area contributed by atoms with Crippen LogP contribution in [-0.2, 0) is 0 Å². The average molecular weight is 271 g/mol. The van der Waals surface area contributed by atoms with Crippen LogP contribution < -0.4 is 5.32 Å². The Morgan fingerprint density at radius 3 is 3.10 bits per heavy atom. The van der Waals surface area contributed by atoms with Crippen molar-refractivity contribution in [3.63, 3.8) is 0 Å². The van der Waals surface area contributed by atoms with Crippen LogP contribution >= 0.6 is 0 Å². The predicted octanol–water partition coefficient (Wildman–Crippen LogP) is 0.701. The lowest BCUT2D eigenvalue weighted by Gasteiger charge is -2.34. The van der Waals surface area contributed by atoms with Crippen LogP contribution in [0, 0.1) is 0 Å². The lowest BCUT2D eigenvalue weighted by Crippen LogP contribution is -2.52. The molecule has 0 radical (unpaired) electrons. The molecule has 0 saturated carbocycles. The third kappa shape index (κ3) is 2.42. The van der Waals surface area contributed by atoms with Gasteiger partial charge in [-0.15, -0.1) is 0 Å². The van der Waals surface area contributed by atoms with Crippen LogP contribution in [0.4, 0.5) is 0 Å². The van der Waals surface area contributed by atoms with Gasteiger partial charge >= 0.3 is 0 Å². The highest BCUT2D eigenvalue weighted by Gasteiger charge is 2.24. The molecular formula is C14H17N5O. The number of rotatable bonds is 2. The van der Waals surface area contributed by atoms with E-state index in [-0.39, 0.29) is 11.9 Å². The number of nitrogens with zero attached hydrogens (tertiary/aromatic N) is 4. The molecule has 2 heterocycles. The van der Waals surface area contributed by atoms with Crippen LogP contribution in [0.2, 0.25) is 0 Å². The number of hydrogen-bond acceptors (Lipinski definition) is 4. The molecule has 1 aromatic heterocycles. The van der Waals surface area contributed by atoms with Gasteiger partial charge in [0.1, 0.15) is 12.7 Å². The van der Waals surface area contributed by atoms with Crippen molar-refractivity contribution < 1.29 is 4.79 Å². The average Bonchev–Trinajstić information content (AvgIpc) is 3.01. The third-order valence-corrected chi connectivity index (χ3v) is 3.54. The molecule has 104 valence electrons. The van der Waals surface area contributed by atoms with Gasteiger partial charge in [0.25, 0.3) is 5.91 Å². The van der Waals surface area contributed by atoms with Gasteiger partial charge in [-0.1, -0.05) is 6.07 Å². The summed E-state index contributed by atoms with van der Waals surface area (Å²) in [6, 6.07) is 7.69. The Labute approximate surface area is 117 Å². The number of carbonyl (C=O) groups is 1. The molecule has 1 fully saturated rings. The van der Waals surface area contributed by atoms with Crippen LogP contribution in [0.1, 0.15) is 17.3 Å². The molecule has 20 heavy (non-hydrogen) atoms. The summed E-state index contributed by atoms with van der Waals surface area (Å²) < 4.78 is 1.65. The Bertz CT molecular complexity index is 595. The van der Waals surface area contributed by atoms with Crippen LogP contribution in [0.3, 0.4) is 0 Å². The van der Waals surface area contributed by atoms with Crippen molar-refractivity contribution in [1.82, 2.24) is 25.0 Å². The largest absolute Gasteiger partial charge is 0.333 e. The molecule has 2 aromatic rings. The smallest absolute Gasteiger partial charge is 0.254 e. The Hall–Kier alpha value is -2.21. The van der Waals surface area contributed by atoms with Crippen molar-refractivity contribution >= 4 is 5.91 Å². The summed E-state index contributed by atoms with van der Waals surface area (Å²) in [5.74, 6) is 0.0703. The summed E-state index contributed by atoms with van der Waals surface area (Å²) in [5.41, 5.74) is 1.53. The van der Waals surface area contributed by atoms with Crippen LogP contribution in [0.15, 0.2) is 36.9 Å². The highest BCUT2D eigenvalue weighted by Crippen LogP contribution is 2.14. The lowest BCUT2D eigenvalue weighted by molar-refractivity contribution is 0.0655.